The number of nitrogens with two attached hydrogens (primary N) is 1. The Balaban J connectivity index is 2.06. The van der Waals surface area contributed by atoms with Crippen molar-refractivity contribution in [2.24, 2.45) is 5.73 Å². The van der Waals surface area contributed by atoms with E-state index in [1.54, 1.807) is 0 Å². The Morgan fingerprint density at radius 3 is 2.83 bits per heavy atom. The fraction of sp³-hybridized carbons (Fsp3) is 0.286. The third kappa shape index (κ3) is 1.90. The maximum atomic E-state index is 7.66. The van der Waals surface area contributed by atoms with Crippen molar-refractivity contribution in [3.8, 4) is 5.69 Å². The summed E-state index contributed by atoms with van der Waals surface area (Å²) in [6.45, 7) is 1.99. The molecule has 4 nitrogen and oxygen atoms in total. The van der Waals surface area contributed by atoms with Crippen LogP contribution in [0.2, 0.25) is 0 Å². The number of nitrogens with one attached hydrogen (secondary N) is 1. The molecule has 0 aliphatic heterocycles. The largest absolute Gasteiger partial charge is 0.384 e. The average Bonchev–Trinajstić information content (AvgIpc) is 3.08. The Kier molecular flexibility index (Phi) is 2.44. The van der Waals surface area contributed by atoms with Gasteiger partial charge in [0.05, 0.1) is 11.4 Å². The van der Waals surface area contributed by atoms with Crippen molar-refractivity contribution in [1.82, 2.24) is 9.78 Å². The molecule has 0 unspecified atom stereocenters. The van der Waals surface area contributed by atoms with Gasteiger partial charge in [0.2, 0.25) is 0 Å². The van der Waals surface area contributed by atoms with Crippen LogP contribution in [0.25, 0.3) is 5.69 Å². The number of aryl methyl sites for hydroxylation is 1. The SMILES string of the molecule is Cc1ccc(-n2ccc(C3CC3)n2)c(C(=N)N)c1. The molecule has 1 aromatic heterocycles. The molecule has 18 heavy (non-hydrogen) atoms. The van der Waals surface area contributed by atoms with Gasteiger partial charge < -0.3 is 5.73 Å². The van der Waals surface area contributed by atoms with Crippen LogP contribution in [0, 0.1) is 12.3 Å². The molecule has 3 rings (SSSR count). The molecule has 4 heteroatoms. The quantitative estimate of drug-likeness (QED) is 0.638. The number of hydrogen-bond acceptors (Lipinski definition) is 2. The van der Waals surface area contributed by atoms with E-state index in [0.29, 0.717) is 5.92 Å². The topological polar surface area (TPSA) is 67.7 Å². The first-order chi connectivity index (χ1) is 8.65. The van der Waals surface area contributed by atoms with E-state index >= 15 is 0 Å². The van der Waals surface area contributed by atoms with Crippen LogP contribution < -0.4 is 5.73 Å². The Morgan fingerprint density at radius 1 is 1.39 bits per heavy atom. The van der Waals surface area contributed by atoms with Crippen molar-refractivity contribution < 1.29 is 0 Å². The summed E-state index contributed by atoms with van der Waals surface area (Å²) in [4.78, 5) is 0. The third-order valence-electron chi connectivity index (χ3n) is 3.29. The van der Waals surface area contributed by atoms with Gasteiger partial charge in [-0.15, -0.1) is 0 Å². The molecule has 1 heterocycles. The Morgan fingerprint density at radius 2 is 2.17 bits per heavy atom. The lowest BCUT2D eigenvalue weighted by molar-refractivity contribution is 0.835. The zero-order valence-electron chi connectivity index (χ0n) is 10.4. The first kappa shape index (κ1) is 11.0. The standard InChI is InChI=1S/C14H16N4/c1-9-2-5-13(11(8-9)14(15)16)18-7-6-12(17-18)10-3-4-10/h2,5-8,10H,3-4H2,1H3,(H3,15,16). The van der Waals surface area contributed by atoms with Gasteiger partial charge in [-0.25, -0.2) is 4.68 Å². The maximum absolute atomic E-state index is 7.66. The smallest absolute Gasteiger partial charge is 0.124 e. The molecule has 0 spiro atoms. The molecule has 92 valence electrons. The molecule has 2 aromatic rings. The number of hydrogen-bond donors (Lipinski definition) is 2. The molecule has 0 saturated heterocycles. The summed E-state index contributed by atoms with van der Waals surface area (Å²) in [5.74, 6) is 0.717. The van der Waals surface area contributed by atoms with E-state index in [9.17, 15) is 0 Å². The summed E-state index contributed by atoms with van der Waals surface area (Å²) in [7, 11) is 0. The van der Waals surface area contributed by atoms with Crippen LogP contribution in [0.3, 0.4) is 0 Å². The van der Waals surface area contributed by atoms with Crippen molar-refractivity contribution in [2.75, 3.05) is 0 Å². The molecule has 0 radical (unpaired) electrons. The van der Waals surface area contributed by atoms with E-state index in [-0.39, 0.29) is 5.84 Å². The number of nitrogen functional groups attached to an aromatic ring is 1. The minimum Gasteiger partial charge on any atom is -0.384 e. The second kappa shape index (κ2) is 3.98. The minimum absolute atomic E-state index is 0.0807. The molecule has 3 N–H and O–H groups in total. The van der Waals surface area contributed by atoms with E-state index in [1.165, 1.54) is 12.8 Å². The van der Waals surface area contributed by atoms with Crippen LogP contribution >= 0.6 is 0 Å². The first-order valence-electron chi connectivity index (χ1n) is 6.16. The van der Waals surface area contributed by atoms with Gasteiger partial charge in [0, 0.05) is 17.7 Å². The number of aromatic nitrogens is 2. The lowest BCUT2D eigenvalue weighted by Gasteiger charge is -2.09. The summed E-state index contributed by atoms with van der Waals surface area (Å²) < 4.78 is 1.82. The van der Waals surface area contributed by atoms with Crippen molar-refractivity contribution >= 4 is 5.84 Å². The fourth-order valence-corrected chi connectivity index (χ4v) is 2.13. The van der Waals surface area contributed by atoms with Crippen LogP contribution in [0.1, 0.15) is 35.6 Å². The monoisotopic (exact) mass is 240 g/mol. The lowest BCUT2D eigenvalue weighted by Crippen LogP contribution is -2.15. The Hall–Kier alpha value is -2.10. The Bertz CT molecular complexity index is 608. The summed E-state index contributed by atoms with van der Waals surface area (Å²) in [5.41, 5.74) is 9.49. The number of rotatable bonds is 3. The number of amidine groups is 1. The minimum atomic E-state index is 0.0807. The zero-order chi connectivity index (χ0) is 12.7. The van der Waals surface area contributed by atoms with Crippen molar-refractivity contribution in [3.05, 3.63) is 47.3 Å². The number of nitrogens with zero attached hydrogens (tertiary/aromatic N) is 2. The predicted molar refractivity (Wildman–Crippen MR) is 71.3 cm³/mol. The molecule has 0 amide bonds. The molecule has 1 aromatic carbocycles. The third-order valence-corrected chi connectivity index (χ3v) is 3.29. The predicted octanol–water partition coefficient (Wildman–Crippen LogP) is 2.34. The number of benzene rings is 1. The van der Waals surface area contributed by atoms with Crippen LogP contribution in [0.4, 0.5) is 0 Å². The van der Waals surface area contributed by atoms with Crippen LogP contribution in [-0.2, 0) is 0 Å². The highest BCUT2D eigenvalue weighted by atomic mass is 15.3. The van der Waals surface area contributed by atoms with Gasteiger partial charge in [-0.1, -0.05) is 11.6 Å². The highest BCUT2D eigenvalue weighted by molar-refractivity contribution is 5.98. The zero-order valence-corrected chi connectivity index (χ0v) is 10.4. The van der Waals surface area contributed by atoms with Gasteiger partial charge >= 0.3 is 0 Å². The molecule has 1 aliphatic carbocycles. The van der Waals surface area contributed by atoms with Gasteiger partial charge in [0.25, 0.3) is 0 Å². The first-order valence-corrected chi connectivity index (χ1v) is 6.16. The van der Waals surface area contributed by atoms with Crippen molar-refractivity contribution in [2.45, 2.75) is 25.7 Å². The van der Waals surface area contributed by atoms with Crippen LogP contribution in [-0.4, -0.2) is 15.6 Å². The van der Waals surface area contributed by atoms with Gasteiger partial charge in [-0.3, -0.25) is 5.41 Å². The molecule has 1 aliphatic rings. The van der Waals surface area contributed by atoms with Crippen LogP contribution in [0.15, 0.2) is 30.5 Å². The Labute approximate surface area is 106 Å². The highest BCUT2D eigenvalue weighted by Gasteiger charge is 2.26. The second-order valence-electron chi connectivity index (χ2n) is 4.89. The van der Waals surface area contributed by atoms with E-state index in [2.05, 4.69) is 11.2 Å². The second-order valence-corrected chi connectivity index (χ2v) is 4.89. The molecule has 1 fully saturated rings. The van der Waals surface area contributed by atoms with Gasteiger partial charge in [0.1, 0.15) is 5.84 Å². The molecule has 1 saturated carbocycles. The molecule has 0 bridgehead atoms. The lowest BCUT2D eigenvalue weighted by atomic mass is 10.1. The summed E-state index contributed by atoms with van der Waals surface area (Å²) in [6, 6.07) is 7.97. The van der Waals surface area contributed by atoms with E-state index < -0.39 is 0 Å². The summed E-state index contributed by atoms with van der Waals surface area (Å²) >= 11 is 0. The highest BCUT2D eigenvalue weighted by Crippen LogP contribution is 2.39. The van der Waals surface area contributed by atoms with E-state index in [0.717, 1.165) is 22.5 Å². The average molecular weight is 240 g/mol. The van der Waals surface area contributed by atoms with Gasteiger partial charge in [-0.05, 0) is 38.0 Å². The van der Waals surface area contributed by atoms with Crippen molar-refractivity contribution in [1.29, 1.82) is 5.41 Å². The van der Waals surface area contributed by atoms with Gasteiger partial charge in [0.15, 0.2) is 0 Å². The van der Waals surface area contributed by atoms with Crippen molar-refractivity contribution in [3.63, 3.8) is 0 Å². The van der Waals surface area contributed by atoms with E-state index in [1.807, 2.05) is 36.0 Å². The molecule has 0 atom stereocenters. The maximum Gasteiger partial charge on any atom is 0.124 e. The van der Waals surface area contributed by atoms with Crippen LogP contribution in [0.5, 0.6) is 0 Å². The van der Waals surface area contributed by atoms with Gasteiger partial charge in [-0.2, -0.15) is 5.10 Å². The normalized spacial score (nSPS) is 14.7. The van der Waals surface area contributed by atoms with E-state index in [4.69, 9.17) is 11.1 Å². The molecular weight excluding hydrogens is 224 g/mol. The summed E-state index contributed by atoms with van der Waals surface area (Å²) in [6.07, 6.45) is 4.43. The summed E-state index contributed by atoms with van der Waals surface area (Å²) in [5, 5.41) is 12.2. The fourth-order valence-electron chi connectivity index (χ4n) is 2.13. The molecular formula is C14H16N4.